The zero-order valence-electron chi connectivity index (χ0n) is 28.2. The average Bonchev–Trinajstić information content (AvgIpc) is 3.14. The molecule has 50 heavy (non-hydrogen) atoms. The fourth-order valence-electron chi connectivity index (χ4n) is 4.76. The van der Waals surface area contributed by atoms with Crippen LogP contribution in [0.3, 0.4) is 0 Å². The number of methoxy groups -OCH3 is 1. The summed E-state index contributed by atoms with van der Waals surface area (Å²) in [6.45, 7) is 0.372. The first-order chi connectivity index (χ1) is 24.0. The lowest BCUT2D eigenvalue weighted by molar-refractivity contribution is -0.138. The summed E-state index contributed by atoms with van der Waals surface area (Å²) in [5.74, 6) is -2.26. The number of carbonyl (C=O) groups excluding carboxylic acids is 4. The van der Waals surface area contributed by atoms with Gasteiger partial charge in [0.15, 0.2) is 6.61 Å². The number of carboxylic acid groups (broad SMARTS) is 1. The van der Waals surface area contributed by atoms with E-state index in [2.05, 4.69) is 10.6 Å². The number of ether oxygens (including phenoxy) is 2. The molecule has 0 heterocycles. The van der Waals surface area contributed by atoms with Crippen LogP contribution in [0.4, 0.5) is 27.5 Å². The number of aliphatic carboxylic acids is 1. The summed E-state index contributed by atoms with van der Waals surface area (Å²) < 4.78 is 11.0. The van der Waals surface area contributed by atoms with Gasteiger partial charge in [0.25, 0.3) is 5.91 Å². The lowest BCUT2D eigenvalue weighted by Crippen LogP contribution is -2.46. The van der Waals surface area contributed by atoms with Gasteiger partial charge in [-0.3, -0.25) is 19.2 Å². The fourth-order valence-corrected chi connectivity index (χ4v) is 4.76. The lowest BCUT2D eigenvalue weighted by atomic mass is 10.0. The van der Waals surface area contributed by atoms with E-state index in [4.69, 9.17) is 9.47 Å². The summed E-state index contributed by atoms with van der Waals surface area (Å²) in [5.41, 5.74) is 2.37. The van der Waals surface area contributed by atoms with Gasteiger partial charge in [0, 0.05) is 49.0 Å². The molecule has 0 saturated heterocycles. The van der Waals surface area contributed by atoms with Crippen LogP contribution in [0.5, 0.6) is 11.5 Å². The molecule has 13 heteroatoms. The fraction of sp³-hybridized carbons (Fsp3) is 0.216. The van der Waals surface area contributed by atoms with Crippen molar-refractivity contribution in [1.82, 2.24) is 5.32 Å². The van der Waals surface area contributed by atoms with E-state index >= 15 is 0 Å². The topological polar surface area (TPSA) is 158 Å². The van der Waals surface area contributed by atoms with Crippen LogP contribution in [0.2, 0.25) is 0 Å². The maximum Gasteiger partial charge on any atom is 0.319 e. The quantitative estimate of drug-likeness (QED) is 0.172. The van der Waals surface area contributed by atoms with Gasteiger partial charge in [0.05, 0.1) is 19.6 Å². The summed E-state index contributed by atoms with van der Waals surface area (Å²) >= 11 is 0. The third-order valence-corrected chi connectivity index (χ3v) is 7.83. The molecule has 260 valence electrons. The van der Waals surface area contributed by atoms with Gasteiger partial charge >= 0.3 is 12.0 Å². The second kappa shape index (κ2) is 17.2. The Bertz CT molecular complexity index is 1830. The normalized spacial score (nSPS) is 11.0. The molecule has 0 radical (unpaired) electrons. The molecule has 0 spiro atoms. The minimum absolute atomic E-state index is 0.276. The molecule has 13 nitrogen and oxygen atoms in total. The molecule has 4 aromatic rings. The molecule has 0 fully saturated rings. The van der Waals surface area contributed by atoms with Crippen LogP contribution in [0.25, 0.3) is 0 Å². The molecule has 0 bridgehead atoms. The highest BCUT2D eigenvalue weighted by molar-refractivity contribution is 6.05. The Balaban J connectivity index is 1.48. The van der Waals surface area contributed by atoms with Crippen LogP contribution in [-0.2, 0) is 19.2 Å². The lowest BCUT2D eigenvalue weighted by Gasteiger charge is -2.26. The summed E-state index contributed by atoms with van der Waals surface area (Å²) in [6, 6.07) is 28.0. The maximum atomic E-state index is 13.6. The van der Waals surface area contributed by atoms with Crippen LogP contribution in [-0.4, -0.2) is 75.7 Å². The number of hydrogen-bond acceptors (Lipinski definition) is 7. The minimum Gasteiger partial charge on any atom is -0.497 e. The van der Waals surface area contributed by atoms with Gasteiger partial charge in [0.2, 0.25) is 11.8 Å². The Morgan fingerprint density at radius 2 is 1.34 bits per heavy atom. The number of rotatable bonds is 14. The van der Waals surface area contributed by atoms with E-state index < -0.39 is 36.3 Å². The van der Waals surface area contributed by atoms with Crippen LogP contribution in [0.1, 0.15) is 18.4 Å². The van der Waals surface area contributed by atoms with Crippen molar-refractivity contribution in [3.05, 3.63) is 109 Å². The number of amides is 5. The summed E-state index contributed by atoms with van der Waals surface area (Å²) in [5, 5.41) is 14.4. The van der Waals surface area contributed by atoms with Gasteiger partial charge in [0.1, 0.15) is 18.0 Å². The second-order valence-electron chi connectivity index (χ2n) is 11.2. The molecule has 0 saturated carbocycles. The van der Waals surface area contributed by atoms with Crippen molar-refractivity contribution in [2.45, 2.75) is 12.8 Å². The maximum absolute atomic E-state index is 13.6. The number of likely N-dealkylation sites (N-methyl/N-ethyl adjacent to an activating group) is 2. The zero-order valence-corrected chi connectivity index (χ0v) is 28.2. The summed E-state index contributed by atoms with van der Waals surface area (Å²) in [4.78, 5) is 68.2. The van der Waals surface area contributed by atoms with Crippen molar-refractivity contribution in [2.75, 3.05) is 60.9 Å². The molecule has 0 aliphatic heterocycles. The van der Waals surface area contributed by atoms with Crippen LogP contribution in [0, 0.1) is 0 Å². The second-order valence-corrected chi connectivity index (χ2v) is 11.2. The number of nitrogens with one attached hydrogen (secondary N) is 2. The molecule has 4 aromatic carbocycles. The first-order valence-electron chi connectivity index (χ1n) is 15.6. The number of para-hydroxylation sites is 1. The van der Waals surface area contributed by atoms with Gasteiger partial charge in [-0.15, -0.1) is 0 Å². The zero-order chi connectivity index (χ0) is 36.2. The van der Waals surface area contributed by atoms with Gasteiger partial charge in [-0.1, -0.05) is 42.5 Å². The predicted octanol–water partition coefficient (Wildman–Crippen LogP) is 4.74. The van der Waals surface area contributed by atoms with E-state index in [1.807, 2.05) is 6.07 Å². The largest absolute Gasteiger partial charge is 0.497 e. The van der Waals surface area contributed by atoms with E-state index in [1.165, 1.54) is 40.9 Å². The van der Waals surface area contributed by atoms with Crippen molar-refractivity contribution in [3.8, 4) is 11.5 Å². The predicted molar refractivity (Wildman–Crippen MR) is 190 cm³/mol. The van der Waals surface area contributed by atoms with E-state index in [-0.39, 0.29) is 24.8 Å². The highest BCUT2D eigenvalue weighted by Crippen LogP contribution is 2.24. The first kappa shape index (κ1) is 36.5. The van der Waals surface area contributed by atoms with Crippen molar-refractivity contribution in [2.24, 2.45) is 0 Å². The third-order valence-electron chi connectivity index (χ3n) is 7.83. The number of carbonyl (C=O) groups is 5. The Morgan fingerprint density at radius 1 is 0.720 bits per heavy atom. The first-order valence-corrected chi connectivity index (χ1v) is 15.6. The standard InChI is InChI=1S/C37H39N5O8/c1-25(36(46)47)26-11-8-12-27(19-26)39-37(48)38-22-33(43)42(23-34(44)40(2)28-13-6-5-7-14-28)30-16-10-18-32(21-30)50-24-35(45)41(3)29-15-9-17-31(20-29)49-4/h5-21,25H,22-24H2,1-4H3,(H,46,47)(H2,38,39,48). The molecule has 1 unspecified atom stereocenters. The van der Waals surface area contributed by atoms with Crippen molar-refractivity contribution in [1.29, 1.82) is 0 Å². The molecule has 0 aromatic heterocycles. The Morgan fingerprint density at radius 3 is 2.04 bits per heavy atom. The highest BCUT2D eigenvalue weighted by atomic mass is 16.5. The SMILES string of the molecule is COc1cccc(N(C)C(=O)COc2cccc(N(CC(=O)N(C)c3ccccc3)C(=O)CNC(=O)Nc3cccc(C(C)C(=O)O)c3)c2)c1. The summed E-state index contributed by atoms with van der Waals surface area (Å²) in [7, 11) is 4.74. The van der Waals surface area contributed by atoms with Crippen LogP contribution < -0.4 is 34.8 Å². The number of carboxylic acids is 1. The molecule has 4 rings (SSSR count). The van der Waals surface area contributed by atoms with Gasteiger partial charge < -0.3 is 39.9 Å². The van der Waals surface area contributed by atoms with Gasteiger partial charge in [-0.25, -0.2) is 4.79 Å². The van der Waals surface area contributed by atoms with Gasteiger partial charge in [-0.2, -0.15) is 0 Å². The summed E-state index contributed by atoms with van der Waals surface area (Å²) in [6.07, 6.45) is 0. The van der Waals surface area contributed by atoms with Crippen molar-refractivity contribution < 1.29 is 38.6 Å². The molecule has 5 amide bonds. The molecule has 1 atom stereocenters. The number of hydrogen-bond donors (Lipinski definition) is 3. The Kier molecular flexibility index (Phi) is 12.5. The molecular formula is C37H39N5O8. The molecule has 3 N–H and O–H groups in total. The smallest absolute Gasteiger partial charge is 0.319 e. The van der Waals surface area contributed by atoms with E-state index in [0.29, 0.717) is 34.1 Å². The van der Waals surface area contributed by atoms with E-state index in [1.54, 1.807) is 99.0 Å². The van der Waals surface area contributed by atoms with E-state index in [9.17, 15) is 29.1 Å². The minimum atomic E-state index is -1.01. The number of urea groups is 1. The molecule has 0 aliphatic rings. The average molecular weight is 682 g/mol. The third kappa shape index (κ3) is 9.83. The number of benzene rings is 4. The van der Waals surface area contributed by atoms with Crippen molar-refractivity contribution in [3.63, 3.8) is 0 Å². The Labute approximate surface area is 290 Å². The Hall–Kier alpha value is -6.37. The molecule has 0 aliphatic carbocycles. The van der Waals surface area contributed by atoms with Gasteiger partial charge in [-0.05, 0) is 61.0 Å². The highest BCUT2D eigenvalue weighted by Gasteiger charge is 2.23. The molecular weight excluding hydrogens is 642 g/mol. The van der Waals surface area contributed by atoms with E-state index in [0.717, 1.165) is 0 Å². The monoisotopic (exact) mass is 681 g/mol. The number of anilines is 4. The van der Waals surface area contributed by atoms with Crippen LogP contribution >= 0.6 is 0 Å². The number of nitrogens with zero attached hydrogens (tertiary/aromatic N) is 3. The van der Waals surface area contributed by atoms with Crippen molar-refractivity contribution >= 4 is 52.5 Å². The van der Waals surface area contributed by atoms with Crippen LogP contribution in [0.15, 0.2) is 103 Å².